The van der Waals surface area contributed by atoms with Crippen LogP contribution >= 0.6 is 22.7 Å². The number of fused-ring (bicyclic) bond motifs is 18. The van der Waals surface area contributed by atoms with E-state index in [1.54, 1.807) is 0 Å². The van der Waals surface area contributed by atoms with Gasteiger partial charge in [0.15, 0.2) is 0 Å². The van der Waals surface area contributed by atoms with Crippen molar-refractivity contribution < 1.29 is 0 Å². The molecule has 4 aromatic heterocycles. The molecule has 13 aromatic rings. The Balaban J connectivity index is 1.11. The van der Waals surface area contributed by atoms with Crippen LogP contribution in [0.15, 0.2) is 164 Å². The largest absolute Gasteiger partial charge is 0.376 e. The zero-order valence-corrected chi connectivity index (χ0v) is 47.8. The summed E-state index contributed by atoms with van der Waals surface area (Å²) >= 11 is 3.96. The van der Waals surface area contributed by atoms with Crippen LogP contribution in [-0.4, -0.2) is 21.0 Å². The number of aromatic nitrogens is 3. The molecule has 2 aliphatic heterocycles. The number of thiophene rings is 2. The van der Waals surface area contributed by atoms with E-state index in [0.717, 1.165) is 28.1 Å². The molecule has 0 spiro atoms. The maximum atomic E-state index is 5.69. The smallest absolute Gasteiger partial charge is 0.333 e. The maximum Gasteiger partial charge on any atom is 0.333 e. The quantitative estimate of drug-likeness (QED) is 0.165. The first-order chi connectivity index (χ1) is 37.4. The number of para-hydroxylation sites is 1. The third-order valence-corrected chi connectivity index (χ3v) is 20.8. The van der Waals surface area contributed by atoms with Crippen molar-refractivity contribution in [1.29, 1.82) is 0 Å². The molecule has 9 aromatic carbocycles. The van der Waals surface area contributed by atoms with Crippen molar-refractivity contribution in [3.05, 3.63) is 186 Å². The summed E-state index contributed by atoms with van der Waals surface area (Å²) in [6.07, 6.45) is 2.38. The van der Waals surface area contributed by atoms with Crippen LogP contribution in [0.3, 0.4) is 0 Å². The Hall–Kier alpha value is -7.45. The van der Waals surface area contributed by atoms with Crippen LogP contribution in [0.2, 0.25) is 0 Å². The predicted molar refractivity (Wildman–Crippen MR) is 338 cm³/mol. The van der Waals surface area contributed by atoms with Gasteiger partial charge in [0.25, 0.3) is 0 Å². The van der Waals surface area contributed by atoms with Crippen LogP contribution in [-0.2, 0) is 21.7 Å². The van der Waals surface area contributed by atoms with Crippen molar-refractivity contribution in [2.45, 2.75) is 104 Å². The lowest BCUT2D eigenvalue weighted by molar-refractivity contribution is 0.332. The lowest BCUT2D eigenvalue weighted by Crippen LogP contribution is -2.60. The third-order valence-electron chi connectivity index (χ3n) is 18.4. The van der Waals surface area contributed by atoms with Crippen LogP contribution in [0.4, 0.5) is 11.4 Å². The minimum atomic E-state index is -0.194. The first-order valence-electron chi connectivity index (χ1n) is 28.0. The predicted octanol–water partition coefficient (Wildman–Crippen LogP) is 18.7. The first-order valence-corrected chi connectivity index (χ1v) is 29.7. The van der Waals surface area contributed by atoms with Gasteiger partial charge in [0.1, 0.15) is 5.82 Å². The molecule has 0 saturated heterocycles. The van der Waals surface area contributed by atoms with Gasteiger partial charge in [-0.3, -0.25) is 4.57 Å². The maximum absolute atomic E-state index is 5.69. The molecule has 4 nitrogen and oxygen atoms in total. The summed E-state index contributed by atoms with van der Waals surface area (Å²) in [5.41, 5.74) is 21.6. The zero-order valence-electron chi connectivity index (χ0n) is 46.2. The second-order valence-corrected chi connectivity index (χ2v) is 28.3. The molecule has 0 saturated carbocycles. The van der Waals surface area contributed by atoms with Crippen molar-refractivity contribution in [2.24, 2.45) is 0 Å². The van der Waals surface area contributed by atoms with Crippen molar-refractivity contribution in [1.82, 2.24) is 14.1 Å². The summed E-state index contributed by atoms with van der Waals surface area (Å²) < 4.78 is 10.5. The second kappa shape index (κ2) is 15.6. The molecule has 16 rings (SSSR count). The molecule has 0 unspecified atom stereocenters. The Kier molecular flexibility index (Phi) is 9.35. The zero-order chi connectivity index (χ0) is 53.1. The van der Waals surface area contributed by atoms with Crippen LogP contribution in [0.25, 0.3) is 107 Å². The highest BCUT2D eigenvalue weighted by Gasteiger charge is 2.47. The Labute approximate surface area is 464 Å². The van der Waals surface area contributed by atoms with Gasteiger partial charge in [-0.15, -0.1) is 22.7 Å². The van der Waals surface area contributed by atoms with Crippen molar-refractivity contribution >= 4 is 125 Å². The molecule has 0 radical (unpaired) electrons. The molecular formula is C71H61BN4S2. The van der Waals surface area contributed by atoms with Gasteiger partial charge in [-0.1, -0.05) is 154 Å². The number of hydrogen-bond donors (Lipinski definition) is 0. The molecule has 6 heterocycles. The summed E-state index contributed by atoms with van der Waals surface area (Å²) in [7, 11) is 0. The van der Waals surface area contributed by atoms with Crippen LogP contribution in [0, 0.1) is 0 Å². The topological polar surface area (TPSA) is 26.0 Å². The summed E-state index contributed by atoms with van der Waals surface area (Å²) in [6, 6.07) is 63.1. The third kappa shape index (κ3) is 6.37. The van der Waals surface area contributed by atoms with E-state index < -0.39 is 0 Å². The molecular weight excluding hydrogens is 984 g/mol. The standard InChI is InChI=1S/C71H61BN4S2/c1-68(2,3)41-25-28-44(29-26-41)76-55-35-47-46-34-50-51(71(9,10)32-31-70(50,7)8)37-60(46)77-59(47)36-49(55)63-64-65-61(62-45-23-17-18-24-58(45)78-66(62)63)48-33-42(69(4,5)6)27-30-54(48)75(65)56-39-57-53(38-52(56)72(64)76)73-67(40-19-13-11-14-20-40)74(57)43-21-15-12-16-22-43/h11-30,33-39H,31-32H2,1-10H3. The van der Waals surface area contributed by atoms with E-state index in [-0.39, 0.29) is 28.5 Å². The van der Waals surface area contributed by atoms with Gasteiger partial charge < -0.3 is 9.38 Å². The van der Waals surface area contributed by atoms with Crippen molar-refractivity contribution in [3.8, 4) is 33.9 Å². The van der Waals surface area contributed by atoms with Gasteiger partial charge in [-0.05, 0) is 147 Å². The lowest BCUT2D eigenvalue weighted by Gasteiger charge is -2.42. The molecule has 380 valence electrons. The molecule has 78 heavy (non-hydrogen) atoms. The Morgan fingerprint density at radius 2 is 1.17 bits per heavy atom. The van der Waals surface area contributed by atoms with Gasteiger partial charge >= 0.3 is 6.85 Å². The van der Waals surface area contributed by atoms with Crippen LogP contribution in [0.5, 0.6) is 0 Å². The highest BCUT2D eigenvalue weighted by Crippen LogP contribution is 2.56. The molecule has 3 aliphatic rings. The van der Waals surface area contributed by atoms with Gasteiger partial charge in [-0.25, -0.2) is 4.98 Å². The number of anilines is 2. The molecule has 0 atom stereocenters. The molecule has 1 aliphatic carbocycles. The molecule has 0 fully saturated rings. The summed E-state index contributed by atoms with van der Waals surface area (Å²) in [5.74, 6) is 0.936. The Morgan fingerprint density at radius 1 is 0.513 bits per heavy atom. The van der Waals surface area contributed by atoms with Crippen LogP contribution < -0.4 is 15.7 Å². The van der Waals surface area contributed by atoms with Crippen molar-refractivity contribution in [2.75, 3.05) is 4.81 Å². The van der Waals surface area contributed by atoms with E-state index in [9.17, 15) is 0 Å². The monoisotopic (exact) mass is 1040 g/mol. The van der Waals surface area contributed by atoms with E-state index in [1.165, 1.54) is 136 Å². The highest BCUT2D eigenvalue weighted by molar-refractivity contribution is 7.27. The second-order valence-electron chi connectivity index (χ2n) is 26.2. The van der Waals surface area contributed by atoms with Gasteiger partial charge in [0.05, 0.1) is 22.1 Å². The first kappa shape index (κ1) is 46.6. The van der Waals surface area contributed by atoms with E-state index in [2.05, 4.69) is 247 Å². The molecule has 0 bridgehead atoms. The molecule has 0 N–H and O–H groups in total. The minimum Gasteiger partial charge on any atom is -0.376 e. The van der Waals surface area contributed by atoms with E-state index >= 15 is 0 Å². The Bertz CT molecular complexity index is 4740. The average Bonchev–Trinajstić information content (AvgIpc) is 1.80. The Morgan fingerprint density at radius 3 is 1.90 bits per heavy atom. The summed E-state index contributed by atoms with van der Waals surface area (Å²) in [6.45, 7) is 23.7. The number of nitrogens with zero attached hydrogens (tertiary/aromatic N) is 4. The fourth-order valence-electron chi connectivity index (χ4n) is 14.2. The lowest BCUT2D eigenvalue weighted by atomic mass is 9.44. The fourth-order valence-corrected chi connectivity index (χ4v) is 16.6. The molecule has 7 heteroatoms. The highest BCUT2D eigenvalue weighted by atomic mass is 32.1. The van der Waals surface area contributed by atoms with E-state index in [0.29, 0.717) is 0 Å². The number of hydrogen-bond acceptors (Lipinski definition) is 4. The van der Waals surface area contributed by atoms with E-state index in [4.69, 9.17) is 4.98 Å². The average molecular weight is 1050 g/mol. The summed E-state index contributed by atoms with van der Waals surface area (Å²) in [4.78, 5) is 8.44. The molecule has 0 amide bonds. The van der Waals surface area contributed by atoms with Gasteiger partial charge in [0, 0.05) is 90.6 Å². The van der Waals surface area contributed by atoms with Crippen LogP contribution in [0.1, 0.15) is 104 Å². The SMILES string of the molecule is CC(C)(C)c1ccc(N2B3c4cc5nc(-c6ccccc6)n(-c6ccccc6)c5cc4-n4c5ccc(C(C)(C)C)cc5c5c6c(sc7ccccc76)c(c3c54)-c3cc4sc5cc6c(cc5c4cc32)C(C)(C)CCC6(C)C)cc1. The van der Waals surface area contributed by atoms with Gasteiger partial charge in [-0.2, -0.15) is 0 Å². The fraction of sp³-hybridized carbons (Fsp3) is 0.225. The number of rotatable bonds is 3. The van der Waals surface area contributed by atoms with Gasteiger partial charge in [0.2, 0.25) is 0 Å². The van der Waals surface area contributed by atoms with Crippen molar-refractivity contribution in [3.63, 3.8) is 0 Å². The minimum absolute atomic E-state index is 0.00293. The number of benzene rings is 9. The summed E-state index contributed by atoms with van der Waals surface area (Å²) in [5, 5.41) is 8.07. The normalized spacial score (nSPS) is 15.6. The number of imidazole rings is 1. The van der Waals surface area contributed by atoms with E-state index in [1.807, 2.05) is 22.7 Å².